The second-order valence-corrected chi connectivity index (χ2v) is 5.14. The third-order valence-corrected chi connectivity index (χ3v) is 3.54. The van der Waals surface area contributed by atoms with Crippen LogP contribution in [0, 0.1) is 5.82 Å². The Balaban J connectivity index is 2.05. The van der Waals surface area contributed by atoms with Gasteiger partial charge in [-0.2, -0.15) is 0 Å². The van der Waals surface area contributed by atoms with Crippen LogP contribution >= 0.6 is 11.6 Å². The summed E-state index contributed by atoms with van der Waals surface area (Å²) in [5.41, 5.74) is 1.48. The van der Waals surface area contributed by atoms with Crippen molar-refractivity contribution in [3.05, 3.63) is 47.7 Å². The number of oxazole rings is 1. The van der Waals surface area contributed by atoms with E-state index in [0.717, 1.165) is 29.0 Å². The quantitative estimate of drug-likeness (QED) is 0.677. The Labute approximate surface area is 126 Å². The topological polar surface area (TPSA) is 43.9 Å². The molecule has 0 unspecified atom stereocenters. The second kappa shape index (κ2) is 5.85. The van der Waals surface area contributed by atoms with Crippen LogP contribution in [0.2, 0.25) is 0 Å². The molecular formula is C15H15ClFN3O. The lowest BCUT2D eigenvalue weighted by Gasteiger charge is -2.05. The first kappa shape index (κ1) is 14.1. The molecule has 3 rings (SSSR count). The smallest absolute Gasteiger partial charge is 0.214 e. The molecule has 0 fully saturated rings. The van der Waals surface area contributed by atoms with Gasteiger partial charge in [-0.05, 0) is 18.2 Å². The summed E-state index contributed by atoms with van der Waals surface area (Å²) in [6.07, 6.45) is 3.12. The standard InChI is InChI=1S/C15H15ClFN3O/c1-2-11-8-18-15(21-11)9-20-13-7-10(17)3-4-12(13)19-14(20)5-6-16/h3-4,7-8H,2,5-6,9H2,1H3. The predicted octanol–water partition coefficient (Wildman–Crippen LogP) is 3.56. The molecule has 0 aliphatic heterocycles. The third kappa shape index (κ3) is 2.78. The van der Waals surface area contributed by atoms with Crippen molar-refractivity contribution >= 4 is 22.6 Å². The highest BCUT2D eigenvalue weighted by Crippen LogP contribution is 2.20. The van der Waals surface area contributed by atoms with Gasteiger partial charge in [-0.25, -0.2) is 14.4 Å². The normalized spacial score (nSPS) is 11.4. The molecule has 6 heteroatoms. The fourth-order valence-corrected chi connectivity index (χ4v) is 2.49. The first-order valence-electron chi connectivity index (χ1n) is 6.85. The van der Waals surface area contributed by atoms with E-state index >= 15 is 0 Å². The van der Waals surface area contributed by atoms with Crippen LogP contribution < -0.4 is 0 Å². The van der Waals surface area contributed by atoms with Crippen molar-refractivity contribution in [2.75, 3.05) is 5.88 Å². The fourth-order valence-electron chi connectivity index (χ4n) is 2.32. The molecule has 4 nitrogen and oxygen atoms in total. The van der Waals surface area contributed by atoms with Gasteiger partial charge in [0.25, 0.3) is 0 Å². The molecule has 0 amide bonds. The number of benzene rings is 1. The number of imidazole rings is 1. The summed E-state index contributed by atoms with van der Waals surface area (Å²) in [4.78, 5) is 8.76. The van der Waals surface area contributed by atoms with Crippen LogP contribution in [0.4, 0.5) is 4.39 Å². The van der Waals surface area contributed by atoms with Crippen molar-refractivity contribution in [3.8, 4) is 0 Å². The molecule has 110 valence electrons. The van der Waals surface area contributed by atoms with Crippen LogP contribution in [0.1, 0.15) is 24.4 Å². The van der Waals surface area contributed by atoms with Crippen LogP contribution in [-0.2, 0) is 19.4 Å². The van der Waals surface area contributed by atoms with Gasteiger partial charge in [0.2, 0.25) is 5.89 Å². The van der Waals surface area contributed by atoms with E-state index in [9.17, 15) is 4.39 Å². The molecule has 0 spiro atoms. The maximum absolute atomic E-state index is 13.5. The number of hydrogen-bond donors (Lipinski definition) is 0. The molecule has 0 saturated carbocycles. The lowest BCUT2D eigenvalue weighted by atomic mass is 10.3. The van der Waals surface area contributed by atoms with Gasteiger partial charge in [0.15, 0.2) is 0 Å². The van der Waals surface area contributed by atoms with Crippen LogP contribution in [0.3, 0.4) is 0 Å². The average Bonchev–Trinajstić information content (AvgIpc) is 3.06. The number of rotatable bonds is 5. The van der Waals surface area contributed by atoms with Gasteiger partial charge < -0.3 is 8.98 Å². The summed E-state index contributed by atoms with van der Waals surface area (Å²) in [5.74, 6) is 2.40. The monoisotopic (exact) mass is 307 g/mol. The first-order chi connectivity index (χ1) is 10.2. The Morgan fingerprint density at radius 1 is 1.38 bits per heavy atom. The van der Waals surface area contributed by atoms with Crippen LogP contribution in [-0.4, -0.2) is 20.4 Å². The molecule has 0 radical (unpaired) electrons. The van der Waals surface area contributed by atoms with E-state index in [1.165, 1.54) is 12.1 Å². The van der Waals surface area contributed by atoms with E-state index in [1.54, 1.807) is 12.3 Å². The Bertz CT molecular complexity index is 765. The molecule has 0 bridgehead atoms. The van der Waals surface area contributed by atoms with E-state index < -0.39 is 0 Å². The number of nitrogens with zero attached hydrogens (tertiary/aromatic N) is 3. The van der Waals surface area contributed by atoms with E-state index in [4.69, 9.17) is 16.0 Å². The first-order valence-corrected chi connectivity index (χ1v) is 7.39. The number of halogens is 2. The van der Waals surface area contributed by atoms with Crippen molar-refractivity contribution in [1.29, 1.82) is 0 Å². The fraction of sp³-hybridized carbons (Fsp3) is 0.333. The Kier molecular flexibility index (Phi) is 3.92. The van der Waals surface area contributed by atoms with Gasteiger partial charge in [0.1, 0.15) is 23.9 Å². The molecular weight excluding hydrogens is 293 g/mol. The molecule has 3 aromatic rings. The van der Waals surface area contributed by atoms with Gasteiger partial charge in [-0.1, -0.05) is 6.92 Å². The average molecular weight is 308 g/mol. The Morgan fingerprint density at radius 2 is 2.24 bits per heavy atom. The highest BCUT2D eigenvalue weighted by atomic mass is 35.5. The van der Waals surface area contributed by atoms with Crippen molar-refractivity contribution in [2.24, 2.45) is 0 Å². The zero-order valence-corrected chi connectivity index (χ0v) is 12.4. The molecule has 2 heterocycles. The van der Waals surface area contributed by atoms with Crippen molar-refractivity contribution in [2.45, 2.75) is 26.3 Å². The number of alkyl halides is 1. The number of aromatic nitrogens is 3. The van der Waals surface area contributed by atoms with E-state index in [0.29, 0.717) is 24.7 Å². The molecule has 0 N–H and O–H groups in total. The second-order valence-electron chi connectivity index (χ2n) is 4.76. The number of hydrogen-bond acceptors (Lipinski definition) is 3. The van der Waals surface area contributed by atoms with Gasteiger partial charge in [-0.15, -0.1) is 11.6 Å². The number of aryl methyl sites for hydroxylation is 2. The highest BCUT2D eigenvalue weighted by molar-refractivity contribution is 6.17. The largest absolute Gasteiger partial charge is 0.444 e. The molecule has 0 atom stereocenters. The molecule has 0 aliphatic carbocycles. The summed E-state index contributed by atoms with van der Waals surface area (Å²) in [5, 5.41) is 0. The lowest BCUT2D eigenvalue weighted by Crippen LogP contribution is -2.06. The zero-order valence-electron chi connectivity index (χ0n) is 11.6. The van der Waals surface area contributed by atoms with Crippen molar-refractivity contribution < 1.29 is 8.81 Å². The Morgan fingerprint density at radius 3 is 2.95 bits per heavy atom. The zero-order chi connectivity index (χ0) is 14.8. The molecule has 1 aromatic carbocycles. The minimum Gasteiger partial charge on any atom is -0.444 e. The molecule has 0 aliphatic rings. The third-order valence-electron chi connectivity index (χ3n) is 3.35. The van der Waals surface area contributed by atoms with Crippen LogP contribution in [0.25, 0.3) is 11.0 Å². The summed E-state index contributed by atoms with van der Waals surface area (Å²) >= 11 is 5.83. The minimum atomic E-state index is -0.289. The molecule has 2 aromatic heterocycles. The Hall–Kier alpha value is -1.88. The highest BCUT2D eigenvalue weighted by Gasteiger charge is 2.14. The maximum Gasteiger partial charge on any atom is 0.214 e. The minimum absolute atomic E-state index is 0.289. The van der Waals surface area contributed by atoms with Crippen molar-refractivity contribution in [3.63, 3.8) is 0 Å². The van der Waals surface area contributed by atoms with Crippen LogP contribution in [0.15, 0.2) is 28.8 Å². The summed E-state index contributed by atoms with van der Waals surface area (Å²) in [6.45, 7) is 2.43. The summed E-state index contributed by atoms with van der Waals surface area (Å²) in [6, 6.07) is 4.56. The van der Waals surface area contributed by atoms with Gasteiger partial charge in [-0.3, -0.25) is 0 Å². The predicted molar refractivity (Wildman–Crippen MR) is 79.1 cm³/mol. The van der Waals surface area contributed by atoms with Crippen molar-refractivity contribution in [1.82, 2.24) is 14.5 Å². The lowest BCUT2D eigenvalue weighted by molar-refractivity contribution is 0.445. The SMILES string of the molecule is CCc1cnc(Cn2c(CCCl)nc3ccc(F)cc32)o1. The van der Waals surface area contributed by atoms with Gasteiger partial charge >= 0.3 is 0 Å². The maximum atomic E-state index is 13.5. The summed E-state index contributed by atoms with van der Waals surface area (Å²) in [7, 11) is 0. The van der Waals surface area contributed by atoms with E-state index in [2.05, 4.69) is 9.97 Å². The van der Waals surface area contributed by atoms with E-state index in [1.807, 2.05) is 11.5 Å². The van der Waals surface area contributed by atoms with Gasteiger partial charge in [0, 0.05) is 18.7 Å². The summed E-state index contributed by atoms with van der Waals surface area (Å²) < 4.78 is 21.0. The van der Waals surface area contributed by atoms with Gasteiger partial charge in [0.05, 0.1) is 17.2 Å². The molecule has 21 heavy (non-hydrogen) atoms. The molecule has 0 saturated heterocycles. The van der Waals surface area contributed by atoms with Crippen LogP contribution in [0.5, 0.6) is 0 Å². The number of fused-ring (bicyclic) bond motifs is 1. The van der Waals surface area contributed by atoms with E-state index in [-0.39, 0.29) is 5.82 Å².